The smallest absolute Gasteiger partial charge is 0.349 e. The van der Waals surface area contributed by atoms with Gasteiger partial charge in [0.1, 0.15) is 17.2 Å². The Bertz CT molecular complexity index is 739. The molecule has 7 heteroatoms. The monoisotopic (exact) mass is 307 g/mol. The number of para-hydroxylation sites is 1. The van der Waals surface area contributed by atoms with Crippen LogP contribution in [-0.2, 0) is 9.53 Å². The van der Waals surface area contributed by atoms with E-state index in [1.807, 2.05) is 0 Å². The predicted octanol–water partition coefficient (Wildman–Crippen LogP) is 0.994. The summed E-state index contributed by atoms with van der Waals surface area (Å²) in [7, 11) is 1.20. The summed E-state index contributed by atoms with van der Waals surface area (Å²) in [5.41, 5.74) is -0.559. The molecular weight excluding hydrogens is 294 g/mol. The topological polar surface area (TPSA) is 85.6 Å². The Morgan fingerprint density at radius 2 is 2.10 bits per heavy atom. The summed E-state index contributed by atoms with van der Waals surface area (Å²) in [4.78, 5) is 35.3. The number of methoxy groups -OCH3 is 1. The first-order valence-electron chi connectivity index (χ1n) is 6.09. The number of thiol groups is 1. The van der Waals surface area contributed by atoms with Crippen LogP contribution in [0.25, 0.3) is 11.0 Å². The number of fused-ring (bicyclic) bond motifs is 1. The molecule has 0 radical (unpaired) electrons. The zero-order valence-electron chi connectivity index (χ0n) is 11.2. The number of nitrogens with one attached hydrogen (secondary N) is 1. The lowest BCUT2D eigenvalue weighted by molar-refractivity contribution is -0.142. The van der Waals surface area contributed by atoms with Crippen molar-refractivity contribution in [3.8, 4) is 0 Å². The van der Waals surface area contributed by atoms with Gasteiger partial charge in [0.2, 0.25) is 0 Å². The van der Waals surface area contributed by atoms with Crippen molar-refractivity contribution < 1.29 is 18.7 Å². The fourth-order valence-electron chi connectivity index (χ4n) is 1.78. The second kappa shape index (κ2) is 6.45. The highest BCUT2D eigenvalue weighted by molar-refractivity contribution is 7.80. The molecule has 1 aromatic heterocycles. The van der Waals surface area contributed by atoms with Crippen molar-refractivity contribution in [3.63, 3.8) is 0 Å². The van der Waals surface area contributed by atoms with Crippen LogP contribution in [0.15, 0.2) is 39.5 Å². The van der Waals surface area contributed by atoms with Gasteiger partial charge in [-0.05, 0) is 12.1 Å². The lowest BCUT2D eigenvalue weighted by atomic mass is 10.1. The molecule has 0 bridgehead atoms. The Labute approximate surface area is 125 Å². The van der Waals surface area contributed by atoms with Gasteiger partial charge in [-0.25, -0.2) is 9.59 Å². The summed E-state index contributed by atoms with van der Waals surface area (Å²) < 4.78 is 9.60. The van der Waals surface area contributed by atoms with E-state index < -0.39 is 23.5 Å². The molecule has 2 aromatic rings. The van der Waals surface area contributed by atoms with Crippen LogP contribution in [0, 0.1) is 0 Å². The number of hydrogen-bond donors (Lipinski definition) is 2. The summed E-state index contributed by atoms with van der Waals surface area (Å²) in [5, 5.41) is 3.00. The largest absolute Gasteiger partial charge is 0.467 e. The number of hydrogen-bond acceptors (Lipinski definition) is 6. The Hall–Kier alpha value is -2.28. The van der Waals surface area contributed by atoms with Crippen LogP contribution >= 0.6 is 12.6 Å². The van der Waals surface area contributed by atoms with E-state index >= 15 is 0 Å². The average Bonchev–Trinajstić information content (AvgIpc) is 2.50. The van der Waals surface area contributed by atoms with Gasteiger partial charge in [0.05, 0.1) is 7.11 Å². The summed E-state index contributed by atoms with van der Waals surface area (Å²) in [5.74, 6) is -1.29. The Kier molecular flexibility index (Phi) is 4.64. The first kappa shape index (κ1) is 15.1. The molecule has 0 spiro atoms. The third-order valence-corrected chi connectivity index (χ3v) is 3.22. The van der Waals surface area contributed by atoms with Crippen molar-refractivity contribution in [2.45, 2.75) is 6.04 Å². The van der Waals surface area contributed by atoms with Gasteiger partial charge < -0.3 is 14.5 Å². The minimum Gasteiger partial charge on any atom is -0.467 e. The summed E-state index contributed by atoms with van der Waals surface area (Å²) >= 11 is 3.96. The molecule has 110 valence electrons. The minimum atomic E-state index is -0.934. The van der Waals surface area contributed by atoms with Crippen molar-refractivity contribution in [2.75, 3.05) is 12.9 Å². The molecule has 1 aromatic carbocycles. The second-order valence-corrected chi connectivity index (χ2v) is 4.58. The van der Waals surface area contributed by atoms with Gasteiger partial charge in [-0.1, -0.05) is 18.2 Å². The van der Waals surface area contributed by atoms with E-state index in [1.165, 1.54) is 13.2 Å². The van der Waals surface area contributed by atoms with Crippen molar-refractivity contribution in [1.29, 1.82) is 0 Å². The Morgan fingerprint density at radius 3 is 2.76 bits per heavy atom. The molecule has 0 saturated heterocycles. The van der Waals surface area contributed by atoms with E-state index in [1.54, 1.807) is 24.3 Å². The highest BCUT2D eigenvalue weighted by Crippen LogP contribution is 2.12. The van der Waals surface area contributed by atoms with Gasteiger partial charge in [-0.3, -0.25) is 4.79 Å². The molecule has 0 aliphatic carbocycles. The lowest BCUT2D eigenvalue weighted by Crippen LogP contribution is -2.44. The standard InChI is InChI=1S/C14H13NO5S/c1-19-14(18)10(7-21)15-12(16)9-6-8-4-2-3-5-11(8)20-13(9)17/h2-6,10,21H,7H2,1H3,(H,15,16)/t10-/m0/s1. The zero-order chi connectivity index (χ0) is 15.4. The summed E-state index contributed by atoms with van der Waals surface area (Å²) in [6, 6.07) is 7.31. The molecule has 0 fully saturated rings. The number of benzene rings is 1. The minimum absolute atomic E-state index is 0.0529. The van der Waals surface area contributed by atoms with Crippen LogP contribution in [-0.4, -0.2) is 30.8 Å². The van der Waals surface area contributed by atoms with Crippen LogP contribution in [0.1, 0.15) is 10.4 Å². The van der Waals surface area contributed by atoms with Gasteiger partial charge >= 0.3 is 11.6 Å². The van der Waals surface area contributed by atoms with Gasteiger partial charge in [-0.2, -0.15) is 12.6 Å². The molecule has 0 saturated carbocycles. The lowest BCUT2D eigenvalue weighted by Gasteiger charge is -2.13. The van der Waals surface area contributed by atoms with E-state index in [0.717, 1.165) is 0 Å². The molecule has 0 aliphatic rings. The average molecular weight is 307 g/mol. The quantitative estimate of drug-likeness (QED) is 0.500. The molecule has 21 heavy (non-hydrogen) atoms. The van der Waals surface area contributed by atoms with E-state index in [-0.39, 0.29) is 11.3 Å². The third kappa shape index (κ3) is 3.25. The van der Waals surface area contributed by atoms with Crippen molar-refractivity contribution >= 4 is 35.5 Å². The maximum atomic E-state index is 12.1. The molecule has 0 aliphatic heterocycles. The second-order valence-electron chi connectivity index (χ2n) is 4.22. The molecule has 1 amide bonds. The number of amides is 1. The number of ether oxygens (including phenoxy) is 1. The highest BCUT2D eigenvalue weighted by Gasteiger charge is 2.22. The third-order valence-electron chi connectivity index (χ3n) is 2.86. The number of carbonyl (C=O) groups excluding carboxylic acids is 2. The van der Waals surface area contributed by atoms with E-state index in [9.17, 15) is 14.4 Å². The fraction of sp³-hybridized carbons (Fsp3) is 0.214. The molecule has 1 atom stereocenters. The van der Waals surface area contributed by atoms with E-state index in [0.29, 0.717) is 11.0 Å². The van der Waals surface area contributed by atoms with Gasteiger partial charge in [0.15, 0.2) is 0 Å². The van der Waals surface area contributed by atoms with Crippen LogP contribution in [0.2, 0.25) is 0 Å². The number of carbonyl (C=O) groups is 2. The van der Waals surface area contributed by atoms with Crippen LogP contribution in [0.4, 0.5) is 0 Å². The van der Waals surface area contributed by atoms with E-state index in [4.69, 9.17) is 4.42 Å². The normalized spacial score (nSPS) is 11.9. The predicted molar refractivity (Wildman–Crippen MR) is 79.6 cm³/mol. The molecule has 0 unspecified atom stereocenters. The first-order chi connectivity index (χ1) is 10.1. The van der Waals surface area contributed by atoms with Crippen LogP contribution in [0.3, 0.4) is 0 Å². The molecule has 2 rings (SSSR count). The molecule has 1 N–H and O–H groups in total. The van der Waals surface area contributed by atoms with Crippen LogP contribution in [0.5, 0.6) is 0 Å². The van der Waals surface area contributed by atoms with Gasteiger partial charge in [0, 0.05) is 11.1 Å². The number of rotatable bonds is 4. The van der Waals surface area contributed by atoms with Crippen molar-refractivity contribution in [1.82, 2.24) is 5.32 Å². The SMILES string of the molecule is COC(=O)[C@H](CS)NC(=O)c1cc2ccccc2oc1=O. The maximum Gasteiger partial charge on any atom is 0.349 e. The summed E-state index contributed by atoms with van der Waals surface area (Å²) in [6.45, 7) is 0. The van der Waals surface area contributed by atoms with Crippen molar-refractivity contribution in [2.24, 2.45) is 0 Å². The maximum absolute atomic E-state index is 12.1. The van der Waals surface area contributed by atoms with Gasteiger partial charge in [-0.15, -0.1) is 0 Å². The number of esters is 1. The molecule has 1 heterocycles. The highest BCUT2D eigenvalue weighted by atomic mass is 32.1. The molecule has 6 nitrogen and oxygen atoms in total. The van der Waals surface area contributed by atoms with Crippen molar-refractivity contribution in [3.05, 3.63) is 46.3 Å². The Morgan fingerprint density at radius 1 is 1.38 bits per heavy atom. The first-order valence-corrected chi connectivity index (χ1v) is 6.72. The summed E-state index contributed by atoms with van der Waals surface area (Å²) in [6.07, 6.45) is 0. The van der Waals surface area contributed by atoms with Crippen LogP contribution < -0.4 is 10.9 Å². The van der Waals surface area contributed by atoms with Gasteiger partial charge in [0.25, 0.3) is 5.91 Å². The van der Waals surface area contributed by atoms with E-state index in [2.05, 4.69) is 22.7 Å². The Balaban J connectivity index is 2.33. The zero-order valence-corrected chi connectivity index (χ0v) is 12.1. The fourth-order valence-corrected chi connectivity index (χ4v) is 2.02. The molecular formula is C14H13NO5S.